The normalized spacial score (nSPS) is 56.6. The van der Waals surface area contributed by atoms with Gasteiger partial charge in [0.05, 0.1) is 37.4 Å². The van der Waals surface area contributed by atoms with Crippen LogP contribution in [0.4, 0.5) is 0 Å². The number of hydrogen-bond acceptors (Lipinski definition) is 14. The zero-order valence-electron chi connectivity index (χ0n) is 33.2. The third-order valence-electron chi connectivity index (χ3n) is 17.3. The number of aliphatic hydroxyl groups excluding tert-OH is 9. The molecule has 2 aliphatic heterocycles. The maximum absolute atomic E-state index is 14.6. The van der Waals surface area contributed by atoms with Crippen LogP contribution in [-0.4, -0.2) is 139 Å². The van der Waals surface area contributed by atoms with E-state index in [0.717, 1.165) is 19.3 Å². The summed E-state index contributed by atoms with van der Waals surface area (Å²) in [5, 5.41) is 95.4. The highest BCUT2D eigenvalue weighted by molar-refractivity contribution is 5.79. The third kappa shape index (κ3) is 5.97. The van der Waals surface area contributed by atoms with Gasteiger partial charge in [-0.15, -0.1) is 0 Å². The number of rotatable bonds is 6. The van der Waals surface area contributed by atoms with Gasteiger partial charge in [0.25, 0.3) is 0 Å². The van der Waals surface area contributed by atoms with Gasteiger partial charge in [-0.25, -0.2) is 0 Å². The molecule has 7 rings (SSSR count). The number of aliphatic hydroxyl groups is 9. The minimum Gasteiger partial charge on any atom is -0.432 e. The number of carbonyl (C=O) groups is 1. The van der Waals surface area contributed by atoms with E-state index in [1.807, 2.05) is 6.92 Å². The van der Waals surface area contributed by atoms with Crippen molar-refractivity contribution >= 4 is 5.97 Å². The Morgan fingerprint density at radius 1 is 0.818 bits per heavy atom. The maximum atomic E-state index is 14.6. The molecule has 0 bridgehead atoms. The van der Waals surface area contributed by atoms with E-state index in [4.69, 9.17) is 18.9 Å². The monoisotopic (exact) mass is 782 g/mol. The second-order valence-corrected chi connectivity index (χ2v) is 19.6. The largest absolute Gasteiger partial charge is 0.432 e. The van der Waals surface area contributed by atoms with Crippen molar-refractivity contribution in [3.05, 3.63) is 11.6 Å². The SMILES string of the molecule is C[C@H]1[C@H](C)CC[C@]2(C(=O)O[C@@H]3O[C@H](CO)[C@@H](O)[C@H](O)[C@H]3O)CC[C@]3(C)C(=CC[C@@H]4[C@@]5(C)C[C@@H](O)[C@H](O[C@H]6OC[C@H](O)[C@H](O)[C@H]6O)[C@@](C)(CO)[C@H]5CC[C@]43C)[C@@H]12. The summed E-state index contributed by atoms with van der Waals surface area (Å²) in [5.41, 5.74) is -1.59. The van der Waals surface area contributed by atoms with Gasteiger partial charge in [0.1, 0.15) is 42.7 Å². The van der Waals surface area contributed by atoms with Crippen molar-refractivity contribution in [1.29, 1.82) is 0 Å². The Morgan fingerprint density at radius 3 is 2.18 bits per heavy atom. The van der Waals surface area contributed by atoms with Crippen LogP contribution in [0.2, 0.25) is 0 Å². The minimum absolute atomic E-state index is 0.0731. The Kier molecular flexibility index (Phi) is 11.0. The highest BCUT2D eigenvalue weighted by Gasteiger charge is 2.71. The quantitative estimate of drug-likeness (QED) is 0.103. The molecule has 14 heteroatoms. The van der Waals surface area contributed by atoms with E-state index in [0.29, 0.717) is 38.0 Å². The molecule has 0 aromatic heterocycles. The highest BCUT2D eigenvalue weighted by Crippen LogP contribution is 2.76. The van der Waals surface area contributed by atoms with Crippen molar-refractivity contribution in [2.45, 2.75) is 160 Å². The molecule has 2 saturated heterocycles. The molecule has 14 nitrogen and oxygen atoms in total. The van der Waals surface area contributed by atoms with Crippen LogP contribution in [0.15, 0.2) is 11.6 Å². The zero-order chi connectivity index (χ0) is 40.2. The third-order valence-corrected chi connectivity index (χ3v) is 17.3. The van der Waals surface area contributed by atoms with E-state index in [2.05, 4.69) is 40.7 Å². The molecule has 4 saturated carbocycles. The standard InChI is InChI=1S/C41H66O14/c1-19-9-12-41(36(51)55-35-32(50)30(48)29(47)24(16-42)53-35)14-13-39(5)21(27(41)20(19)2)7-8-26-37(3)15-22(44)33(54-34-31(49)28(46)23(45)17-52-34)38(4,18-43)25(37)10-11-40(26,39)6/h7,19-20,22-35,42-50H,8-18H2,1-6H3/t19-,20+,22-,23+,24-,25+,26-,27-,28+,29-,30+,31-,32-,33+,34-,35+,37+,38+,39-,40-,41+/m1/s1. The number of hydrogen-bond donors (Lipinski definition) is 9. The van der Waals surface area contributed by atoms with Gasteiger partial charge in [-0.05, 0) is 97.2 Å². The lowest BCUT2D eigenvalue weighted by Gasteiger charge is -2.72. The van der Waals surface area contributed by atoms with E-state index in [9.17, 15) is 50.8 Å². The number of ether oxygens (including phenoxy) is 4. The summed E-state index contributed by atoms with van der Waals surface area (Å²) < 4.78 is 23.4. The molecular formula is C41H66O14. The fraction of sp³-hybridized carbons (Fsp3) is 0.927. The molecule has 21 atom stereocenters. The average molecular weight is 783 g/mol. The van der Waals surface area contributed by atoms with E-state index >= 15 is 0 Å². The summed E-state index contributed by atoms with van der Waals surface area (Å²) in [5.74, 6) is -0.182. The van der Waals surface area contributed by atoms with Crippen LogP contribution in [-0.2, 0) is 23.7 Å². The maximum Gasteiger partial charge on any atom is 0.315 e. The van der Waals surface area contributed by atoms with Gasteiger partial charge >= 0.3 is 5.97 Å². The molecule has 314 valence electrons. The van der Waals surface area contributed by atoms with Crippen molar-refractivity contribution in [1.82, 2.24) is 0 Å². The van der Waals surface area contributed by atoms with Crippen LogP contribution in [0, 0.1) is 56.7 Å². The smallest absolute Gasteiger partial charge is 0.315 e. The Morgan fingerprint density at radius 2 is 1.51 bits per heavy atom. The Hall–Kier alpha value is -1.27. The van der Waals surface area contributed by atoms with Crippen LogP contribution in [0.1, 0.15) is 92.9 Å². The Balaban J connectivity index is 1.20. The number of allylic oxidation sites excluding steroid dienone is 2. The molecule has 55 heavy (non-hydrogen) atoms. The molecule has 6 fully saturated rings. The first kappa shape index (κ1) is 41.9. The summed E-state index contributed by atoms with van der Waals surface area (Å²) in [7, 11) is 0. The fourth-order valence-electron chi connectivity index (χ4n) is 13.6. The molecule has 0 aromatic rings. The molecule has 0 unspecified atom stereocenters. The van der Waals surface area contributed by atoms with Gasteiger partial charge in [0.15, 0.2) is 6.29 Å². The zero-order valence-corrected chi connectivity index (χ0v) is 33.2. The molecule has 9 N–H and O–H groups in total. The van der Waals surface area contributed by atoms with Gasteiger partial charge in [0, 0.05) is 5.41 Å². The van der Waals surface area contributed by atoms with Crippen LogP contribution in [0.5, 0.6) is 0 Å². The number of fused-ring (bicyclic) bond motifs is 7. The van der Waals surface area contributed by atoms with Crippen molar-refractivity contribution in [3.63, 3.8) is 0 Å². The van der Waals surface area contributed by atoms with Crippen LogP contribution < -0.4 is 0 Å². The topological polar surface area (TPSA) is 236 Å². The van der Waals surface area contributed by atoms with Gasteiger partial charge in [-0.3, -0.25) is 4.79 Å². The second kappa shape index (κ2) is 14.5. The van der Waals surface area contributed by atoms with E-state index in [1.165, 1.54) is 5.57 Å². The molecule has 0 radical (unpaired) electrons. The fourth-order valence-corrected chi connectivity index (χ4v) is 13.6. The number of carbonyl (C=O) groups excluding carboxylic acids is 1. The van der Waals surface area contributed by atoms with E-state index in [-0.39, 0.29) is 47.7 Å². The average Bonchev–Trinajstić information content (AvgIpc) is 3.14. The summed E-state index contributed by atoms with van der Waals surface area (Å²) in [6.45, 7) is 12.2. The van der Waals surface area contributed by atoms with Gasteiger partial charge < -0.3 is 64.9 Å². The summed E-state index contributed by atoms with van der Waals surface area (Å²) in [4.78, 5) is 14.6. The first-order valence-electron chi connectivity index (χ1n) is 20.6. The summed E-state index contributed by atoms with van der Waals surface area (Å²) in [6, 6.07) is 0. The van der Waals surface area contributed by atoms with Gasteiger partial charge in [-0.2, -0.15) is 0 Å². The lowest BCUT2D eigenvalue weighted by molar-refractivity contribution is -0.328. The molecule has 0 amide bonds. The van der Waals surface area contributed by atoms with Gasteiger partial charge in [-0.1, -0.05) is 53.2 Å². The highest BCUT2D eigenvalue weighted by atomic mass is 16.7. The molecule has 5 aliphatic carbocycles. The Bertz CT molecular complexity index is 1480. The lowest BCUT2D eigenvalue weighted by atomic mass is 9.33. The molecule has 2 heterocycles. The number of esters is 1. The second-order valence-electron chi connectivity index (χ2n) is 19.6. The molecule has 0 aromatic carbocycles. The summed E-state index contributed by atoms with van der Waals surface area (Å²) in [6.07, 6.45) is -7.46. The summed E-state index contributed by atoms with van der Waals surface area (Å²) >= 11 is 0. The van der Waals surface area contributed by atoms with Crippen molar-refractivity contribution < 1.29 is 69.7 Å². The van der Waals surface area contributed by atoms with Crippen molar-refractivity contribution in [3.8, 4) is 0 Å². The molecular weight excluding hydrogens is 716 g/mol. The lowest BCUT2D eigenvalue weighted by Crippen LogP contribution is -2.69. The Labute approximate surface area is 323 Å². The van der Waals surface area contributed by atoms with E-state index < -0.39 is 96.3 Å². The predicted octanol–water partition coefficient (Wildman–Crippen LogP) is 0.755. The molecule has 0 spiro atoms. The first-order chi connectivity index (χ1) is 25.8. The van der Waals surface area contributed by atoms with E-state index in [1.54, 1.807) is 0 Å². The van der Waals surface area contributed by atoms with Crippen LogP contribution in [0.25, 0.3) is 0 Å². The first-order valence-corrected chi connectivity index (χ1v) is 20.6. The predicted molar refractivity (Wildman–Crippen MR) is 194 cm³/mol. The van der Waals surface area contributed by atoms with Crippen molar-refractivity contribution in [2.24, 2.45) is 56.7 Å². The van der Waals surface area contributed by atoms with Crippen molar-refractivity contribution in [2.75, 3.05) is 19.8 Å². The minimum atomic E-state index is -1.69. The van der Waals surface area contributed by atoms with Crippen LogP contribution >= 0.6 is 0 Å². The van der Waals surface area contributed by atoms with Crippen LogP contribution in [0.3, 0.4) is 0 Å². The van der Waals surface area contributed by atoms with Gasteiger partial charge in [0.2, 0.25) is 6.29 Å². The molecule has 7 aliphatic rings.